The van der Waals surface area contributed by atoms with Crippen LogP contribution in [-0.4, -0.2) is 32.4 Å². The van der Waals surface area contributed by atoms with Crippen molar-refractivity contribution in [3.63, 3.8) is 0 Å². The predicted molar refractivity (Wildman–Crippen MR) is 78.7 cm³/mol. The third-order valence-corrected chi connectivity index (χ3v) is 2.83. The van der Waals surface area contributed by atoms with E-state index < -0.39 is 0 Å². The number of nitrogens with one attached hydrogen (secondary N) is 1. The van der Waals surface area contributed by atoms with Gasteiger partial charge in [-0.3, -0.25) is 9.48 Å². The number of halogens is 1. The molecule has 2 N–H and O–H groups in total. The molecule has 1 amide bonds. The number of anilines is 1. The molecule has 0 aliphatic heterocycles. The lowest BCUT2D eigenvalue weighted by Gasteiger charge is -2.08. The Morgan fingerprint density at radius 2 is 2.33 bits per heavy atom. The molecular formula is C14H13ClN4O2. The number of hydrogen-bond donors (Lipinski definition) is 2. The van der Waals surface area contributed by atoms with E-state index in [9.17, 15) is 4.79 Å². The van der Waals surface area contributed by atoms with Crippen molar-refractivity contribution < 1.29 is 9.90 Å². The fourth-order valence-electron chi connectivity index (χ4n) is 1.64. The second-order valence-corrected chi connectivity index (χ2v) is 4.54. The molecular weight excluding hydrogens is 292 g/mol. The van der Waals surface area contributed by atoms with Crippen LogP contribution in [0.2, 0.25) is 5.02 Å². The van der Waals surface area contributed by atoms with Crippen LogP contribution < -0.4 is 5.32 Å². The molecule has 2 rings (SSSR count). The zero-order valence-corrected chi connectivity index (χ0v) is 11.8. The van der Waals surface area contributed by atoms with E-state index in [0.29, 0.717) is 22.8 Å². The van der Waals surface area contributed by atoms with Crippen molar-refractivity contribution in [3.05, 3.63) is 41.4 Å². The lowest BCUT2D eigenvalue weighted by atomic mass is 10.1. The highest BCUT2D eigenvalue weighted by Gasteiger charge is 2.07. The summed E-state index contributed by atoms with van der Waals surface area (Å²) < 4.78 is 1.58. The minimum Gasteiger partial charge on any atom is -0.384 e. The van der Waals surface area contributed by atoms with Gasteiger partial charge in [0.25, 0.3) is 0 Å². The van der Waals surface area contributed by atoms with E-state index in [4.69, 9.17) is 16.7 Å². The number of hydrogen-bond acceptors (Lipinski definition) is 4. The fourth-order valence-corrected chi connectivity index (χ4v) is 1.81. The summed E-state index contributed by atoms with van der Waals surface area (Å²) in [6, 6.07) is 4.98. The number of benzene rings is 1. The summed E-state index contributed by atoms with van der Waals surface area (Å²) in [5.74, 6) is 5.12. The minimum atomic E-state index is -0.258. The topological polar surface area (TPSA) is 80.0 Å². The number of aryl methyl sites for hydroxylation is 1. The van der Waals surface area contributed by atoms with Crippen LogP contribution in [0.3, 0.4) is 0 Å². The molecule has 0 saturated heterocycles. The van der Waals surface area contributed by atoms with Gasteiger partial charge >= 0.3 is 0 Å². The van der Waals surface area contributed by atoms with Crippen LogP contribution in [0.5, 0.6) is 0 Å². The average molecular weight is 305 g/mol. The van der Waals surface area contributed by atoms with Gasteiger partial charge in [0, 0.05) is 17.0 Å². The normalized spacial score (nSPS) is 9.81. The van der Waals surface area contributed by atoms with Crippen molar-refractivity contribution >= 4 is 23.2 Å². The van der Waals surface area contributed by atoms with Gasteiger partial charge in [0.1, 0.15) is 19.3 Å². The minimum absolute atomic E-state index is 0.167. The molecule has 108 valence electrons. The van der Waals surface area contributed by atoms with Crippen LogP contribution in [0.4, 0.5) is 5.69 Å². The van der Waals surface area contributed by atoms with Gasteiger partial charge < -0.3 is 10.4 Å². The first-order chi connectivity index (χ1) is 10.2. The van der Waals surface area contributed by atoms with Gasteiger partial charge in [-0.05, 0) is 18.2 Å². The summed E-state index contributed by atoms with van der Waals surface area (Å²) in [4.78, 5) is 15.7. The van der Waals surface area contributed by atoms with Crippen LogP contribution in [0.1, 0.15) is 12.0 Å². The SMILES string of the molecule is O=C(CCn1cncn1)Nc1ccc(Cl)cc1C#CCO. The Kier molecular flexibility index (Phi) is 5.32. The standard InChI is InChI=1S/C14H13ClN4O2/c15-12-3-4-13(11(8-12)2-1-7-20)18-14(21)5-6-19-10-16-9-17-19/h3-4,8-10,20H,5-7H2,(H,18,21). The third kappa shape index (κ3) is 4.60. The quantitative estimate of drug-likeness (QED) is 0.835. The number of rotatable bonds is 4. The summed E-state index contributed by atoms with van der Waals surface area (Å²) in [5.41, 5.74) is 1.12. The summed E-state index contributed by atoms with van der Waals surface area (Å²) >= 11 is 5.90. The average Bonchev–Trinajstić information content (AvgIpc) is 2.98. The molecule has 0 fully saturated rings. The number of aromatic nitrogens is 3. The Balaban J connectivity index is 2.02. The highest BCUT2D eigenvalue weighted by atomic mass is 35.5. The van der Waals surface area contributed by atoms with Crippen molar-refractivity contribution in [2.24, 2.45) is 0 Å². The molecule has 0 unspecified atom stereocenters. The Hall–Kier alpha value is -2.36. The van der Waals surface area contributed by atoms with Gasteiger partial charge in [0.15, 0.2) is 0 Å². The molecule has 0 bridgehead atoms. The molecule has 0 aliphatic rings. The number of nitrogens with zero attached hydrogens (tertiary/aromatic N) is 3. The first-order valence-electron chi connectivity index (χ1n) is 6.20. The fraction of sp³-hybridized carbons (Fsp3) is 0.214. The van der Waals surface area contributed by atoms with E-state index in [-0.39, 0.29) is 18.9 Å². The van der Waals surface area contributed by atoms with Crippen LogP contribution in [0, 0.1) is 11.8 Å². The molecule has 6 nitrogen and oxygen atoms in total. The van der Waals surface area contributed by atoms with Crippen LogP contribution in [0.25, 0.3) is 0 Å². The van der Waals surface area contributed by atoms with E-state index >= 15 is 0 Å². The molecule has 0 aliphatic carbocycles. The third-order valence-electron chi connectivity index (χ3n) is 2.59. The summed E-state index contributed by atoms with van der Waals surface area (Å²) in [7, 11) is 0. The second kappa shape index (κ2) is 7.43. The van der Waals surface area contributed by atoms with Gasteiger partial charge in [-0.1, -0.05) is 23.4 Å². The molecule has 1 heterocycles. The number of aliphatic hydroxyl groups is 1. The Labute approximate surface area is 126 Å². The summed E-state index contributed by atoms with van der Waals surface area (Å²) in [6.45, 7) is 0.184. The van der Waals surface area contributed by atoms with E-state index in [2.05, 4.69) is 27.2 Å². The Bertz CT molecular complexity index is 674. The summed E-state index contributed by atoms with van der Waals surface area (Å²) in [6.07, 6.45) is 3.23. The number of aliphatic hydroxyl groups excluding tert-OH is 1. The number of carbonyl (C=O) groups excluding carboxylic acids is 1. The Morgan fingerprint density at radius 3 is 3.05 bits per heavy atom. The van der Waals surface area contributed by atoms with Crippen molar-refractivity contribution in [3.8, 4) is 11.8 Å². The summed E-state index contributed by atoms with van der Waals surface area (Å²) in [5, 5.41) is 16.0. The monoisotopic (exact) mass is 304 g/mol. The molecule has 1 aromatic heterocycles. The molecule has 0 spiro atoms. The van der Waals surface area contributed by atoms with Gasteiger partial charge in [-0.25, -0.2) is 4.98 Å². The molecule has 2 aromatic rings. The molecule has 0 atom stereocenters. The zero-order chi connectivity index (χ0) is 15.1. The smallest absolute Gasteiger partial charge is 0.226 e. The molecule has 7 heteroatoms. The van der Waals surface area contributed by atoms with Crippen molar-refractivity contribution in [2.75, 3.05) is 11.9 Å². The lowest BCUT2D eigenvalue weighted by Crippen LogP contribution is -2.15. The van der Waals surface area contributed by atoms with Gasteiger partial charge in [0.2, 0.25) is 5.91 Å². The van der Waals surface area contributed by atoms with E-state index in [1.807, 2.05) is 0 Å². The lowest BCUT2D eigenvalue weighted by molar-refractivity contribution is -0.116. The van der Waals surface area contributed by atoms with Crippen molar-refractivity contribution in [1.82, 2.24) is 14.8 Å². The van der Waals surface area contributed by atoms with Gasteiger partial charge in [-0.2, -0.15) is 5.10 Å². The van der Waals surface area contributed by atoms with E-state index in [0.717, 1.165) is 0 Å². The zero-order valence-electron chi connectivity index (χ0n) is 11.1. The van der Waals surface area contributed by atoms with Gasteiger partial charge in [0.05, 0.1) is 12.2 Å². The highest BCUT2D eigenvalue weighted by Crippen LogP contribution is 2.20. The second-order valence-electron chi connectivity index (χ2n) is 4.11. The maximum atomic E-state index is 11.9. The van der Waals surface area contributed by atoms with E-state index in [1.54, 1.807) is 29.2 Å². The van der Waals surface area contributed by atoms with Crippen molar-refractivity contribution in [2.45, 2.75) is 13.0 Å². The predicted octanol–water partition coefficient (Wildman–Crippen LogP) is 1.30. The number of carbonyl (C=O) groups is 1. The van der Waals surface area contributed by atoms with Crippen LogP contribution >= 0.6 is 11.6 Å². The molecule has 21 heavy (non-hydrogen) atoms. The maximum Gasteiger partial charge on any atom is 0.226 e. The molecule has 0 radical (unpaired) electrons. The van der Waals surface area contributed by atoms with Crippen LogP contribution in [0.15, 0.2) is 30.9 Å². The van der Waals surface area contributed by atoms with Crippen LogP contribution in [-0.2, 0) is 11.3 Å². The first kappa shape index (κ1) is 15.0. The molecule has 0 saturated carbocycles. The Morgan fingerprint density at radius 1 is 1.48 bits per heavy atom. The van der Waals surface area contributed by atoms with Gasteiger partial charge in [-0.15, -0.1) is 0 Å². The van der Waals surface area contributed by atoms with Crippen molar-refractivity contribution in [1.29, 1.82) is 0 Å². The first-order valence-corrected chi connectivity index (χ1v) is 6.58. The largest absolute Gasteiger partial charge is 0.384 e. The maximum absolute atomic E-state index is 11.9. The highest BCUT2D eigenvalue weighted by molar-refractivity contribution is 6.30. The number of amides is 1. The molecule has 1 aromatic carbocycles. The van der Waals surface area contributed by atoms with E-state index in [1.165, 1.54) is 6.33 Å².